The standard InChI is InChI=1S/C15H11BrClF3O/c16-10-6-5-9(13(17)8-10)7-14(21)11-3-1-2-4-12(11)15(18,19)20/h1-6,8,14,21H,7H2. The lowest BCUT2D eigenvalue weighted by molar-refractivity contribution is -0.139. The maximum atomic E-state index is 12.9. The van der Waals surface area contributed by atoms with Crippen LogP contribution in [0.1, 0.15) is 22.8 Å². The number of aliphatic hydroxyl groups excluding tert-OH is 1. The van der Waals surface area contributed by atoms with Crippen LogP contribution >= 0.6 is 27.5 Å². The van der Waals surface area contributed by atoms with Gasteiger partial charge in [-0.25, -0.2) is 0 Å². The molecule has 0 aromatic heterocycles. The SMILES string of the molecule is OC(Cc1ccc(Br)cc1Cl)c1ccccc1C(F)(F)F. The molecule has 0 bridgehead atoms. The number of aliphatic hydroxyl groups is 1. The highest BCUT2D eigenvalue weighted by Gasteiger charge is 2.34. The minimum absolute atomic E-state index is 0.0131. The molecule has 0 saturated heterocycles. The van der Waals surface area contributed by atoms with E-state index >= 15 is 0 Å². The minimum atomic E-state index is -4.50. The predicted molar refractivity (Wildman–Crippen MR) is 79.3 cm³/mol. The molecule has 1 nitrogen and oxygen atoms in total. The van der Waals surface area contributed by atoms with E-state index in [1.54, 1.807) is 18.2 Å². The molecule has 1 atom stereocenters. The van der Waals surface area contributed by atoms with Crippen LogP contribution < -0.4 is 0 Å². The molecule has 0 heterocycles. The lowest BCUT2D eigenvalue weighted by Crippen LogP contribution is -2.13. The van der Waals surface area contributed by atoms with Gasteiger partial charge in [0.1, 0.15) is 0 Å². The second-order valence-corrected chi connectivity index (χ2v) is 5.86. The van der Waals surface area contributed by atoms with Gasteiger partial charge in [-0.15, -0.1) is 0 Å². The Hall–Kier alpha value is -1.04. The molecule has 1 N–H and O–H groups in total. The third-order valence-electron chi connectivity index (χ3n) is 3.05. The summed E-state index contributed by atoms with van der Waals surface area (Å²) in [5, 5.41) is 10.5. The summed E-state index contributed by atoms with van der Waals surface area (Å²) in [6.45, 7) is 0. The third-order valence-corrected chi connectivity index (χ3v) is 3.90. The van der Waals surface area contributed by atoms with Crippen LogP contribution in [0.3, 0.4) is 0 Å². The second-order valence-electron chi connectivity index (χ2n) is 4.54. The van der Waals surface area contributed by atoms with Crippen molar-refractivity contribution in [1.82, 2.24) is 0 Å². The topological polar surface area (TPSA) is 20.2 Å². The van der Waals surface area contributed by atoms with Crippen LogP contribution in [0.15, 0.2) is 46.9 Å². The number of rotatable bonds is 3. The summed E-state index contributed by atoms with van der Waals surface area (Å²) in [5.41, 5.74) is -0.390. The molecule has 0 radical (unpaired) electrons. The fourth-order valence-corrected chi connectivity index (χ4v) is 2.80. The summed E-state index contributed by atoms with van der Waals surface area (Å²) in [6.07, 6.45) is -5.76. The summed E-state index contributed by atoms with van der Waals surface area (Å²) < 4.78 is 39.6. The number of benzene rings is 2. The summed E-state index contributed by atoms with van der Waals surface area (Å²) >= 11 is 9.28. The Morgan fingerprint density at radius 2 is 1.81 bits per heavy atom. The van der Waals surface area contributed by atoms with Gasteiger partial charge in [0.15, 0.2) is 0 Å². The maximum absolute atomic E-state index is 12.9. The molecule has 0 fully saturated rings. The fourth-order valence-electron chi connectivity index (χ4n) is 2.05. The molecule has 0 amide bonds. The van der Waals surface area contributed by atoms with Crippen molar-refractivity contribution < 1.29 is 18.3 Å². The van der Waals surface area contributed by atoms with Crippen molar-refractivity contribution in [3.63, 3.8) is 0 Å². The van der Waals surface area contributed by atoms with Crippen molar-refractivity contribution >= 4 is 27.5 Å². The zero-order chi connectivity index (χ0) is 15.6. The van der Waals surface area contributed by atoms with Gasteiger partial charge in [0.25, 0.3) is 0 Å². The Balaban J connectivity index is 2.31. The van der Waals surface area contributed by atoms with Crippen molar-refractivity contribution in [3.8, 4) is 0 Å². The molecule has 0 aliphatic carbocycles. The Labute approximate surface area is 133 Å². The van der Waals surface area contributed by atoms with Gasteiger partial charge < -0.3 is 5.11 Å². The Bertz CT molecular complexity index is 643. The first kappa shape index (κ1) is 16.3. The molecule has 0 aliphatic rings. The maximum Gasteiger partial charge on any atom is 0.416 e. The van der Waals surface area contributed by atoms with Crippen molar-refractivity contribution in [2.24, 2.45) is 0 Å². The quantitative estimate of drug-likeness (QED) is 0.757. The highest BCUT2D eigenvalue weighted by atomic mass is 79.9. The largest absolute Gasteiger partial charge is 0.416 e. The van der Waals surface area contributed by atoms with Crippen molar-refractivity contribution in [2.45, 2.75) is 18.7 Å². The predicted octanol–water partition coefficient (Wildman–Crippen LogP) is 5.40. The van der Waals surface area contributed by atoms with Gasteiger partial charge >= 0.3 is 6.18 Å². The molecule has 0 spiro atoms. The van der Waals surface area contributed by atoms with E-state index in [1.807, 2.05) is 0 Å². The fraction of sp³-hybridized carbons (Fsp3) is 0.200. The molecule has 1 unspecified atom stereocenters. The van der Waals surface area contributed by atoms with E-state index in [1.165, 1.54) is 18.2 Å². The molecular formula is C15H11BrClF3O. The van der Waals surface area contributed by atoms with Crippen LogP contribution in [0.5, 0.6) is 0 Å². The second kappa shape index (κ2) is 6.38. The average molecular weight is 380 g/mol. The Kier molecular flexibility index (Phi) is 4.96. The number of hydrogen-bond donors (Lipinski definition) is 1. The van der Waals surface area contributed by atoms with Gasteiger partial charge in [0.05, 0.1) is 11.7 Å². The van der Waals surface area contributed by atoms with E-state index < -0.39 is 17.8 Å². The number of alkyl halides is 3. The zero-order valence-corrected chi connectivity index (χ0v) is 13.0. The lowest BCUT2D eigenvalue weighted by Gasteiger charge is -2.18. The normalized spacial score (nSPS) is 13.2. The summed E-state index contributed by atoms with van der Waals surface area (Å²) in [4.78, 5) is 0. The Morgan fingerprint density at radius 3 is 2.43 bits per heavy atom. The Morgan fingerprint density at radius 1 is 1.14 bits per heavy atom. The van der Waals surface area contributed by atoms with Crippen molar-refractivity contribution in [3.05, 3.63) is 68.7 Å². The van der Waals surface area contributed by atoms with E-state index in [0.29, 0.717) is 10.6 Å². The first-order valence-electron chi connectivity index (χ1n) is 6.07. The summed E-state index contributed by atoms with van der Waals surface area (Å²) in [7, 11) is 0. The molecule has 2 aromatic rings. The van der Waals surface area contributed by atoms with Crippen LogP contribution in [-0.4, -0.2) is 5.11 Å². The first-order valence-corrected chi connectivity index (χ1v) is 7.24. The van der Waals surface area contributed by atoms with Gasteiger partial charge in [-0.2, -0.15) is 13.2 Å². The monoisotopic (exact) mass is 378 g/mol. The minimum Gasteiger partial charge on any atom is -0.388 e. The average Bonchev–Trinajstić information content (AvgIpc) is 2.41. The number of hydrogen-bond acceptors (Lipinski definition) is 1. The van der Waals surface area contributed by atoms with E-state index in [9.17, 15) is 18.3 Å². The lowest BCUT2D eigenvalue weighted by atomic mass is 9.97. The van der Waals surface area contributed by atoms with Crippen molar-refractivity contribution in [2.75, 3.05) is 0 Å². The highest BCUT2D eigenvalue weighted by molar-refractivity contribution is 9.10. The van der Waals surface area contributed by atoms with E-state index in [-0.39, 0.29) is 12.0 Å². The van der Waals surface area contributed by atoms with E-state index in [2.05, 4.69) is 15.9 Å². The number of halogens is 5. The highest BCUT2D eigenvalue weighted by Crippen LogP contribution is 2.36. The van der Waals surface area contributed by atoms with Crippen molar-refractivity contribution in [1.29, 1.82) is 0 Å². The first-order chi connectivity index (χ1) is 9.79. The van der Waals surface area contributed by atoms with Gasteiger partial charge in [-0.3, -0.25) is 0 Å². The van der Waals surface area contributed by atoms with Gasteiger partial charge in [0, 0.05) is 15.9 Å². The summed E-state index contributed by atoms with van der Waals surface area (Å²) in [5.74, 6) is 0. The third kappa shape index (κ3) is 3.99. The smallest absolute Gasteiger partial charge is 0.388 e. The molecular weight excluding hydrogens is 369 g/mol. The molecule has 21 heavy (non-hydrogen) atoms. The zero-order valence-electron chi connectivity index (χ0n) is 10.7. The van der Waals surface area contributed by atoms with E-state index in [4.69, 9.17) is 11.6 Å². The molecule has 2 rings (SSSR count). The van der Waals surface area contributed by atoms with Gasteiger partial charge in [-0.05, 0) is 29.3 Å². The van der Waals surface area contributed by atoms with Crippen LogP contribution in [-0.2, 0) is 12.6 Å². The van der Waals surface area contributed by atoms with E-state index in [0.717, 1.165) is 10.5 Å². The molecule has 0 aliphatic heterocycles. The van der Waals surface area contributed by atoms with Crippen LogP contribution in [0.2, 0.25) is 5.02 Å². The molecule has 6 heteroatoms. The summed E-state index contributed by atoms with van der Waals surface area (Å²) in [6, 6.07) is 10.0. The molecule has 0 saturated carbocycles. The van der Waals surface area contributed by atoms with Crippen LogP contribution in [0.4, 0.5) is 13.2 Å². The molecule has 112 valence electrons. The van der Waals surface area contributed by atoms with Gasteiger partial charge in [0.2, 0.25) is 0 Å². The molecule has 2 aromatic carbocycles. The van der Waals surface area contributed by atoms with Crippen LogP contribution in [0, 0.1) is 0 Å². The van der Waals surface area contributed by atoms with Crippen LogP contribution in [0.25, 0.3) is 0 Å². The van der Waals surface area contributed by atoms with Gasteiger partial charge in [-0.1, -0.05) is 51.8 Å².